The lowest BCUT2D eigenvalue weighted by molar-refractivity contribution is 0.0788. The molecule has 1 aromatic heterocycles. The summed E-state index contributed by atoms with van der Waals surface area (Å²) in [6, 6.07) is 10.4. The van der Waals surface area contributed by atoms with Crippen molar-refractivity contribution in [2.75, 3.05) is 19.8 Å². The lowest BCUT2D eigenvalue weighted by atomic mass is 10.1. The molecule has 0 amide bonds. The molecule has 2 aromatic rings. The number of nitrogens with one attached hydrogen (secondary N) is 1. The lowest BCUT2D eigenvalue weighted by Crippen LogP contribution is -2.25. The average Bonchev–Trinajstić information content (AvgIpc) is 3.15. The van der Waals surface area contributed by atoms with Gasteiger partial charge in [0, 0.05) is 12.0 Å². The number of likely N-dealkylation sites (N-methyl/N-ethyl adjacent to an activating group) is 1. The van der Waals surface area contributed by atoms with E-state index in [0.717, 1.165) is 35.8 Å². The molecule has 114 valence electrons. The van der Waals surface area contributed by atoms with Gasteiger partial charge in [-0.15, -0.1) is 0 Å². The van der Waals surface area contributed by atoms with Gasteiger partial charge in [0.05, 0.1) is 12.6 Å². The van der Waals surface area contributed by atoms with Crippen molar-refractivity contribution in [2.24, 2.45) is 5.92 Å². The summed E-state index contributed by atoms with van der Waals surface area (Å²) in [5, 5.41) is 4.63. The zero-order chi connectivity index (χ0) is 14.5. The predicted octanol–water partition coefficient (Wildman–Crippen LogP) is 4.29. The van der Waals surface area contributed by atoms with Crippen LogP contribution < -0.4 is 5.32 Å². The summed E-state index contributed by atoms with van der Waals surface area (Å²) in [7, 11) is 0. The number of furan rings is 1. The van der Waals surface area contributed by atoms with Gasteiger partial charge in [-0.2, -0.15) is 0 Å². The van der Waals surface area contributed by atoms with Crippen LogP contribution >= 0.6 is 0 Å². The van der Waals surface area contributed by atoms with Gasteiger partial charge in [0.1, 0.15) is 11.3 Å². The summed E-state index contributed by atoms with van der Waals surface area (Å²) < 4.78 is 11.9. The molecule has 21 heavy (non-hydrogen) atoms. The van der Waals surface area contributed by atoms with Crippen molar-refractivity contribution in [1.82, 2.24) is 5.32 Å². The Bertz CT molecular complexity index is 524. The van der Waals surface area contributed by atoms with Gasteiger partial charge in [-0.05, 0) is 37.4 Å². The van der Waals surface area contributed by atoms with Gasteiger partial charge in [0.2, 0.25) is 0 Å². The van der Waals surface area contributed by atoms with E-state index in [4.69, 9.17) is 9.15 Å². The van der Waals surface area contributed by atoms with Crippen LogP contribution in [0.2, 0.25) is 0 Å². The third kappa shape index (κ3) is 3.66. The molecule has 0 saturated heterocycles. The van der Waals surface area contributed by atoms with E-state index < -0.39 is 0 Å². The van der Waals surface area contributed by atoms with Crippen LogP contribution in [-0.4, -0.2) is 19.8 Å². The Balaban J connectivity index is 1.62. The van der Waals surface area contributed by atoms with Crippen molar-refractivity contribution in [3.8, 4) is 0 Å². The van der Waals surface area contributed by atoms with Crippen molar-refractivity contribution >= 4 is 11.0 Å². The Morgan fingerprint density at radius 2 is 2.10 bits per heavy atom. The molecule has 1 unspecified atom stereocenters. The fourth-order valence-corrected chi connectivity index (χ4v) is 3.19. The Kier molecular flexibility index (Phi) is 4.94. The molecular formula is C18H25NO2. The summed E-state index contributed by atoms with van der Waals surface area (Å²) >= 11 is 0. The Morgan fingerprint density at radius 3 is 2.86 bits per heavy atom. The largest absolute Gasteiger partial charge is 0.459 e. The Hall–Kier alpha value is -1.32. The highest BCUT2D eigenvalue weighted by atomic mass is 16.5. The first-order valence-corrected chi connectivity index (χ1v) is 8.16. The topological polar surface area (TPSA) is 34.4 Å². The van der Waals surface area contributed by atoms with Crippen molar-refractivity contribution in [1.29, 1.82) is 0 Å². The van der Waals surface area contributed by atoms with Crippen LogP contribution in [0.5, 0.6) is 0 Å². The fourth-order valence-electron chi connectivity index (χ4n) is 3.19. The second-order valence-corrected chi connectivity index (χ2v) is 5.98. The molecule has 1 saturated carbocycles. The van der Waals surface area contributed by atoms with Gasteiger partial charge in [0.15, 0.2) is 0 Å². The second-order valence-electron chi connectivity index (χ2n) is 5.98. The van der Waals surface area contributed by atoms with E-state index in [1.807, 2.05) is 18.2 Å². The Labute approximate surface area is 126 Å². The van der Waals surface area contributed by atoms with E-state index in [1.165, 1.54) is 25.7 Å². The third-order valence-electron chi connectivity index (χ3n) is 4.35. The SMILES string of the molecule is CCNC(COCC1CCCC1)c1cc2ccccc2o1. The van der Waals surface area contributed by atoms with Crippen LogP contribution in [0, 0.1) is 5.92 Å². The monoisotopic (exact) mass is 287 g/mol. The van der Waals surface area contributed by atoms with E-state index in [-0.39, 0.29) is 6.04 Å². The van der Waals surface area contributed by atoms with Crippen LogP contribution in [0.3, 0.4) is 0 Å². The van der Waals surface area contributed by atoms with Gasteiger partial charge >= 0.3 is 0 Å². The summed E-state index contributed by atoms with van der Waals surface area (Å²) in [5.74, 6) is 1.74. The molecule has 1 atom stereocenters. The highest BCUT2D eigenvalue weighted by Crippen LogP contribution is 2.26. The standard InChI is InChI=1S/C18H25NO2/c1-2-19-16(13-20-12-14-7-3-4-8-14)18-11-15-9-5-6-10-17(15)21-18/h5-6,9-11,14,16,19H,2-4,7-8,12-13H2,1H3. The number of para-hydroxylation sites is 1. The van der Waals surface area contributed by atoms with Crippen LogP contribution in [0.25, 0.3) is 11.0 Å². The highest BCUT2D eigenvalue weighted by molar-refractivity contribution is 5.77. The molecule has 1 N–H and O–H groups in total. The zero-order valence-corrected chi connectivity index (χ0v) is 12.8. The quantitative estimate of drug-likeness (QED) is 0.825. The molecule has 0 aliphatic heterocycles. The number of ether oxygens (including phenoxy) is 1. The van der Waals surface area contributed by atoms with Gasteiger partial charge < -0.3 is 14.5 Å². The molecule has 1 aliphatic rings. The first-order valence-electron chi connectivity index (χ1n) is 8.16. The molecule has 0 radical (unpaired) electrons. The van der Waals surface area contributed by atoms with Crippen molar-refractivity contribution in [2.45, 2.75) is 38.6 Å². The maximum absolute atomic E-state index is 5.96. The second kappa shape index (κ2) is 7.10. The van der Waals surface area contributed by atoms with Gasteiger partial charge in [-0.1, -0.05) is 38.0 Å². The summed E-state index contributed by atoms with van der Waals surface area (Å²) in [5.41, 5.74) is 0.950. The number of rotatable bonds is 7. The van der Waals surface area contributed by atoms with Crippen molar-refractivity contribution in [3.05, 3.63) is 36.1 Å². The number of benzene rings is 1. The number of fused-ring (bicyclic) bond motifs is 1. The molecule has 0 spiro atoms. The highest BCUT2D eigenvalue weighted by Gasteiger charge is 2.18. The summed E-state index contributed by atoms with van der Waals surface area (Å²) in [6.07, 6.45) is 5.40. The third-order valence-corrected chi connectivity index (χ3v) is 4.35. The normalized spacial score (nSPS) is 17.6. The predicted molar refractivity (Wildman–Crippen MR) is 85.4 cm³/mol. The van der Waals surface area contributed by atoms with Crippen LogP contribution in [0.4, 0.5) is 0 Å². The van der Waals surface area contributed by atoms with E-state index in [2.05, 4.69) is 24.4 Å². The minimum Gasteiger partial charge on any atom is -0.459 e. The number of hydrogen-bond acceptors (Lipinski definition) is 3. The minimum atomic E-state index is 0.142. The van der Waals surface area contributed by atoms with E-state index in [9.17, 15) is 0 Å². The van der Waals surface area contributed by atoms with Gasteiger partial charge in [0.25, 0.3) is 0 Å². The van der Waals surface area contributed by atoms with E-state index >= 15 is 0 Å². The van der Waals surface area contributed by atoms with Crippen LogP contribution in [0.1, 0.15) is 44.4 Å². The molecule has 3 rings (SSSR count). The van der Waals surface area contributed by atoms with Gasteiger partial charge in [-0.3, -0.25) is 0 Å². The molecule has 1 aliphatic carbocycles. The summed E-state index contributed by atoms with van der Waals surface area (Å²) in [6.45, 7) is 4.60. The Morgan fingerprint density at radius 1 is 1.29 bits per heavy atom. The zero-order valence-electron chi connectivity index (χ0n) is 12.8. The molecule has 3 nitrogen and oxygen atoms in total. The molecule has 1 fully saturated rings. The molecule has 3 heteroatoms. The molecular weight excluding hydrogens is 262 g/mol. The average molecular weight is 287 g/mol. The van der Waals surface area contributed by atoms with E-state index in [0.29, 0.717) is 6.61 Å². The maximum Gasteiger partial charge on any atom is 0.134 e. The maximum atomic E-state index is 5.96. The first-order chi connectivity index (χ1) is 10.4. The molecule has 1 aromatic carbocycles. The van der Waals surface area contributed by atoms with Gasteiger partial charge in [-0.25, -0.2) is 0 Å². The van der Waals surface area contributed by atoms with Crippen LogP contribution in [-0.2, 0) is 4.74 Å². The summed E-state index contributed by atoms with van der Waals surface area (Å²) in [4.78, 5) is 0. The first kappa shape index (κ1) is 14.6. The fraction of sp³-hybridized carbons (Fsp3) is 0.556. The van der Waals surface area contributed by atoms with E-state index in [1.54, 1.807) is 0 Å². The van der Waals surface area contributed by atoms with Crippen molar-refractivity contribution < 1.29 is 9.15 Å². The number of hydrogen-bond donors (Lipinski definition) is 1. The lowest BCUT2D eigenvalue weighted by Gasteiger charge is -2.17. The van der Waals surface area contributed by atoms with Crippen molar-refractivity contribution in [3.63, 3.8) is 0 Å². The minimum absolute atomic E-state index is 0.142. The van der Waals surface area contributed by atoms with Crippen LogP contribution in [0.15, 0.2) is 34.7 Å². The smallest absolute Gasteiger partial charge is 0.134 e. The molecule has 0 bridgehead atoms. The molecule has 1 heterocycles.